The molecule has 1 aliphatic carbocycles. The quantitative estimate of drug-likeness (QED) is 0.903. The Labute approximate surface area is 126 Å². The number of hydrogen-bond donors (Lipinski definition) is 1. The third kappa shape index (κ3) is 3.73. The smallest absolute Gasteiger partial charge is 0.120 e. The maximum atomic E-state index is 6.17. The van der Waals surface area contributed by atoms with Crippen LogP contribution in [0.15, 0.2) is 36.7 Å². The predicted octanol–water partition coefficient (Wildman–Crippen LogP) is 3.92. The Morgan fingerprint density at radius 3 is 2.81 bits per heavy atom. The van der Waals surface area contributed by atoms with E-state index in [4.69, 9.17) is 4.74 Å². The molecular weight excluding hydrogens is 260 g/mol. The fourth-order valence-corrected chi connectivity index (χ4v) is 3.06. The molecule has 0 bridgehead atoms. The first-order valence-electron chi connectivity index (χ1n) is 8.09. The van der Waals surface area contributed by atoms with E-state index in [0.717, 1.165) is 30.5 Å². The van der Waals surface area contributed by atoms with E-state index in [1.54, 1.807) is 0 Å². The standard InChI is InChI=1S/C18H24N2O/c1-2-10-20-16-4-7-17(8-5-16)21-18-6-3-15-13-19-11-9-14(15)12-18/h3,6,9,11-13,16-17,20H,2,4-5,7-8,10H2,1H3. The molecule has 0 atom stereocenters. The molecule has 0 unspecified atom stereocenters. The van der Waals surface area contributed by atoms with Crippen molar-refractivity contribution in [3.05, 3.63) is 36.7 Å². The molecule has 1 heterocycles. The summed E-state index contributed by atoms with van der Waals surface area (Å²) < 4.78 is 6.17. The molecule has 1 aromatic carbocycles. The number of pyridine rings is 1. The average molecular weight is 284 g/mol. The minimum absolute atomic E-state index is 0.365. The van der Waals surface area contributed by atoms with E-state index >= 15 is 0 Å². The molecule has 1 aromatic heterocycles. The maximum absolute atomic E-state index is 6.17. The third-order valence-electron chi connectivity index (χ3n) is 4.27. The van der Waals surface area contributed by atoms with Crippen LogP contribution in [0.25, 0.3) is 10.8 Å². The second kappa shape index (κ2) is 6.90. The van der Waals surface area contributed by atoms with Crippen LogP contribution in [-0.4, -0.2) is 23.7 Å². The van der Waals surface area contributed by atoms with Crippen LogP contribution < -0.4 is 10.1 Å². The first-order valence-corrected chi connectivity index (χ1v) is 8.09. The molecule has 3 heteroatoms. The summed E-state index contributed by atoms with van der Waals surface area (Å²) in [7, 11) is 0. The zero-order valence-corrected chi connectivity index (χ0v) is 12.7. The lowest BCUT2D eigenvalue weighted by molar-refractivity contribution is 0.140. The average Bonchev–Trinajstić information content (AvgIpc) is 2.54. The zero-order chi connectivity index (χ0) is 14.5. The van der Waals surface area contributed by atoms with Crippen molar-refractivity contribution in [2.24, 2.45) is 0 Å². The van der Waals surface area contributed by atoms with Crippen LogP contribution in [0.1, 0.15) is 39.0 Å². The summed E-state index contributed by atoms with van der Waals surface area (Å²) >= 11 is 0. The van der Waals surface area contributed by atoms with Crippen LogP contribution in [0.4, 0.5) is 0 Å². The van der Waals surface area contributed by atoms with Gasteiger partial charge in [0.25, 0.3) is 0 Å². The molecule has 1 fully saturated rings. The highest BCUT2D eigenvalue weighted by Gasteiger charge is 2.21. The molecule has 3 rings (SSSR count). The minimum atomic E-state index is 0.365. The lowest BCUT2D eigenvalue weighted by Crippen LogP contribution is -2.36. The van der Waals surface area contributed by atoms with Crippen molar-refractivity contribution in [3.8, 4) is 5.75 Å². The van der Waals surface area contributed by atoms with Gasteiger partial charge in [0.15, 0.2) is 0 Å². The number of rotatable bonds is 5. The van der Waals surface area contributed by atoms with Gasteiger partial charge in [0.05, 0.1) is 6.10 Å². The van der Waals surface area contributed by atoms with Gasteiger partial charge in [-0.25, -0.2) is 0 Å². The molecule has 0 aliphatic heterocycles. The molecule has 0 spiro atoms. The van der Waals surface area contributed by atoms with Crippen LogP contribution in [0.3, 0.4) is 0 Å². The summed E-state index contributed by atoms with van der Waals surface area (Å²) in [5, 5.41) is 5.98. The summed E-state index contributed by atoms with van der Waals surface area (Å²) in [5.74, 6) is 0.985. The largest absolute Gasteiger partial charge is 0.490 e. The molecule has 0 radical (unpaired) electrons. The lowest BCUT2D eigenvalue weighted by Gasteiger charge is -2.29. The van der Waals surface area contributed by atoms with Crippen molar-refractivity contribution in [1.82, 2.24) is 10.3 Å². The number of hydrogen-bond acceptors (Lipinski definition) is 3. The zero-order valence-electron chi connectivity index (χ0n) is 12.7. The predicted molar refractivity (Wildman–Crippen MR) is 86.7 cm³/mol. The van der Waals surface area contributed by atoms with Crippen molar-refractivity contribution in [1.29, 1.82) is 0 Å². The Kier molecular flexibility index (Phi) is 4.71. The fourth-order valence-electron chi connectivity index (χ4n) is 3.06. The van der Waals surface area contributed by atoms with Gasteiger partial charge < -0.3 is 10.1 Å². The normalized spacial score (nSPS) is 22.3. The van der Waals surface area contributed by atoms with Gasteiger partial charge in [-0.3, -0.25) is 4.98 Å². The number of fused-ring (bicyclic) bond motifs is 1. The van der Waals surface area contributed by atoms with Gasteiger partial charge in [-0.15, -0.1) is 0 Å². The fraction of sp³-hybridized carbons (Fsp3) is 0.500. The topological polar surface area (TPSA) is 34.1 Å². The van der Waals surface area contributed by atoms with E-state index in [0.29, 0.717) is 12.1 Å². The molecular formula is C18H24N2O. The molecule has 2 aromatic rings. The summed E-state index contributed by atoms with van der Waals surface area (Å²) in [6.45, 7) is 3.35. The van der Waals surface area contributed by atoms with Gasteiger partial charge in [-0.1, -0.05) is 6.92 Å². The molecule has 1 N–H and O–H groups in total. The highest BCUT2D eigenvalue weighted by atomic mass is 16.5. The van der Waals surface area contributed by atoms with Crippen molar-refractivity contribution in [2.75, 3.05) is 6.54 Å². The molecule has 0 amide bonds. The van der Waals surface area contributed by atoms with Gasteiger partial charge in [0.2, 0.25) is 0 Å². The van der Waals surface area contributed by atoms with Crippen molar-refractivity contribution in [3.63, 3.8) is 0 Å². The van der Waals surface area contributed by atoms with Gasteiger partial charge >= 0.3 is 0 Å². The maximum Gasteiger partial charge on any atom is 0.120 e. The summed E-state index contributed by atoms with van der Waals surface area (Å²) in [6, 6.07) is 9.00. The molecule has 3 nitrogen and oxygen atoms in total. The number of ether oxygens (including phenoxy) is 1. The van der Waals surface area contributed by atoms with Crippen LogP contribution >= 0.6 is 0 Å². The van der Waals surface area contributed by atoms with Crippen molar-refractivity contribution < 1.29 is 4.74 Å². The van der Waals surface area contributed by atoms with E-state index in [1.165, 1.54) is 24.6 Å². The van der Waals surface area contributed by atoms with E-state index in [-0.39, 0.29) is 0 Å². The molecule has 112 valence electrons. The van der Waals surface area contributed by atoms with Gasteiger partial charge in [-0.05, 0) is 68.3 Å². The summed E-state index contributed by atoms with van der Waals surface area (Å²) in [4.78, 5) is 4.14. The number of benzene rings is 1. The summed E-state index contributed by atoms with van der Waals surface area (Å²) in [6.07, 6.45) is 10.0. The van der Waals surface area contributed by atoms with Crippen LogP contribution in [0.2, 0.25) is 0 Å². The van der Waals surface area contributed by atoms with E-state index in [1.807, 2.05) is 18.5 Å². The van der Waals surface area contributed by atoms with E-state index in [9.17, 15) is 0 Å². The second-order valence-electron chi connectivity index (χ2n) is 5.93. The number of nitrogens with one attached hydrogen (secondary N) is 1. The SMILES string of the molecule is CCCNC1CCC(Oc2ccc3cnccc3c2)CC1. The monoisotopic (exact) mass is 284 g/mol. The van der Waals surface area contributed by atoms with Crippen LogP contribution in [0, 0.1) is 0 Å². The Morgan fingerprint density at radius 2 is 2.00 bits per heavy atom. The second-order valence-corrected chi connectivity index (χ2v) is 5.93. The Morgan fingerprint density at radius 1 is 1.14 bits per heavy atom. The minimum Gasteiger partial charge on any atom is -0.490 e. The lowest BCUT2D eigenvalue weighted by atomic mass is 9.93. The Hall–Kier alpha value is -1.61. The Balaban J connectivity index is 1.56. The summed E-state index contributed by atoms with van der Waals surface area (Å²) in [5.41, 5.74) is 0. The van der Waals surface area contributed by atoms with E-state index < -0.39 is 0 Å². The van der Waals surface area contributed by atoms with E-state index in [2.05, 4.69) is 35.4 Å². The molecule has 1 aliphatic rings. The number of nitrogens with zero attached hydrogens (tertiary/aromatic N) is 1. The van der Waals surface area contributed by atoms with Crippen LogP contribution in [-0.2, 0) is 0 Å². The van der Waals surface area contributed by atoms with Gasteiger partial charge in [0.1, 0.15) is 5.75 Å². The van der Waals surface area contributed by atoms with Crippen molar-refractivity contribution in [2.45, 2.75) is 51.2 Å². The molecule has 1 saturated carbocycles. The highest BCUT2D eigenvalue weighted by Crippen LogP contribution is 2.26. The third-order valence-corrected chi connectivity index (χ3v) is 4.27. The van der Waals surface area contributed by atoms with Gasteiger partial charge in [-0.2, -0.15) is 0 Å². The van der Waals surface area contributed by atoms with Gasteiger partial charge in [0, 0.05) is 23.8 Å². The molecule has 21 heavy (non-hydrogen) atoms. The number of aromatic nitrogens is 1. The molecule has 0 saturated heterocycles. The Bertz CT molecular complexity index is 576. The highest BCUT2D eigenvalue weighted by molar-refractivity contribution is 5.82. The van der Waals surface area contributed by atoms with Crippen LogP contribution in [0.5, 0.6) is 5.75 Å². The first kappa shape index (κ1) is 14.3. The van der Waals surface area contributed by atoms with Crippen molar-refractivity contribution >= 4 is 10.8 Å². The first-order chi connectivity index (χ1) is 10.3.